The van der Waals surface area contributed by atoms with E-state index in [0.717, 1.165) is 0 Å². The van der Waals surface area contributed by atoms with Crippen molar-refractivity contribution in [1.82, 2.24) is 4.72 Å². The van der Waals surface area contributed by atoms with E-state index >= 15 is 0 Å². The van der Waals surface area contributed by atoms with E-state index in [9.17, 15) is 8.42 Å². The number of nitriles is 1. The summed E-state index contributed by atoms with van der Waals surface area (Å²) in [5.41, 5.74) is -0.276. The highest BCUT2D eigenvalue weighted by Gasteiger charge is 2.20. The van der Waals surface area contributed by atoms with E-state index in [4.69, 9.17) is 5.26 Å². The van der Waals surface area contributed by atoms with Crippen LogP contribution in [0.1, 0.15) is 20.8 Å². The maximum atomic E-state index is 11.1. The van der Waals surface area contributed by atoms with Gasteiger partial charge in [0, 0.05) is 0 Å². The third-order valence-corrected chi connectivity index (χ3v) is 2.82. The van der Waals surface area contributed by atoms with Crippen molar-refractivity contribution in [1.29, 1.82) is 5.26 Å². The van der Waals surface area contributed by atoms with Gasteiger partial charge in [0.1, 0.15) is 0 Å². The molecule has 0 saturated carbocycles. The van der Waals surface area contributed by atoms with Crippen LogP contribution in [0.3, 0.4) is 0 Å². The third kappa shape index (κ3) is 6.13. The van der Waals surface area contributed by atoms with Crippen LogP contribution in [0.4, 0.5) is 0 Å². The van der Waals surface area contributed by atoms with Crippen LogP contribution in [0.2, 0.25) is 0 Å². The molecule has 0 aliphatic heterocycles. The first-order valence-electron chi connectivity index (χ1n) is 3.61. The van der Waals surface area contributed by atoms with E-state index in [1.807, 2.05) is 20.8 Å². The van der Waals surface area contributed by atoms with Gasteiger partial charge in [0.25, 0.3) is 0 Å². The standard InChI is InChI=1S/C7H14N2O2S/c1-7(2,3)6-12(10,11)9-5-4-8/h9H,5-6H2,1-3H3. The summed E-state index contributed by atoms with van der Waals surface area (Å²) in [6, 6.07) is 1.72. The Kier molecular flexibility index (Phi) is 3.68. The number of hydrogen-bond donors (Lipinski definition) is 1. The van der Waals surface area contributed by atoms with Gasteiger partial charge >= 0.3 is 0 Å². The van der Waals surface area contributed by atoms with Crippen molar-refractivity contribution < 1.29 is 8.42 Å². The predicted octanol–water partition coefficient (Wildman–Crippen LogP) is 0.475. The number of rotatable bonds is 3. The van der Waals surface area contributed by atoms with Crippen LogP contribution in [0, 0.1) is 16.7 Å². The van der Waals surface area contributed by atoms with Crippen molar-refractivity contribution >= 4 is 10.0 Å². The largest absolute Gasteiger partial charge is 0.213 e. The molecule has 12 heavy (non-hydrogen) atoms. The van der Waals surface area contributed by atoms with Crippen LogP contribution in [0.25, 0.3) is 0 Å². The van der Waals surface area contributed by atoms with Crippen molar-refractivity contribution in [3.63, 3.8) is 0 Å². The minimum atomic E-state index is -3.27. The fourth-order valence-corrected chi connectivity index (χ4v) is 2.29. The molecular formula is C7H14N2O2S. The smallest absolute Gasteiger partial charge is 0.212 e. The molecule has 0 aliphatic rings. The van der Waals surface area contributed by atoms with Crippen LogP contribution in [0.15, 0.2) is 0 Å². The van der Waals surface area contributed by atoms with Crippen molar-refractivity contribution in [2.75, 3.05) is 12.3 Å². The van der Waals surface area contributed by atoms with Gasteiger partial charge in [-0.2, -0.15) is 5.26 Å². The van der Waals surface area contributed by atoms with Crippen LogP contribution < -0.4 is 4.72 Å². The normalized spacial score (nSPS) is 12.5. The molecule has 0 aromatic rings. The van der Waals surface area contributed by atoms with Gasteiger partial charge in [-0.1, -0.05) is 20.8 Å². The monoisotopic (exact) mass is 190 g/mol. The first kappa shape index (κ1) is 11.4. The molecule has 0 radical (unpaired) electrons. The van der Waals surface area contributed by atoms with Crippen LogP contribution >= 0.6 is 0 Å². The molecule has 0 bridgehead atoms. The predicted molar refractivity (Wildman–Crippen MR) is 46.9 cm³/mol. The molecule has 0 atom stereocenters. The summed E-state index contributed by atoms with van der Waals surface area (Å²) in [6.45, 7) is 5.34. The molecule has 0 rings (SSSR count). The highest BCUT2D eigenvalue weighted by molar-refractivity contribution is 7.89. The Bertz CT molecular complexity index is 269. The number of hydrogen-bond acceptors (Lipinski definition) is 3. The maximum absolute atomic E-state index is 11.1. The highest BCUT2D eigenvalue weighted by Crippen LogP contribution is 2.14. The lowest BCUT2D eigenvalue weighted by molar-refractivity contribution is 0.459. The lowest BCUT2D eigenvalue weighted by atomic mass is 10.0. The molecule has 0 aromatic carbocycles. The van der Waals surface area contributed by atoms with E-state index in [-0.39, 0.29) is 17.7 Å². The summed E-state index contributed by atoms with van der Waals surface area (Å²) in [4.78, 5) is 0. The molecule has 0 amide bonds. The summed E-state index contributed by atoms with van der Waals surface area (Å²) in [5, 5.41) is 8.15. The Morgan fingerprint density at radius 1 is 1.42 bits per heavy atom. The minimum Gasteiger partial charge on any atom is -0.212 e. The van der Waals surface area contributed by atoms with Gasteiger partial charge in [0.15, 0.2) is 0 Å². The second kappa shape index (κ2) is 3.87. The first-order valence-corrected chi connectivity index (χ1v) is 5.26. The quantitative estimate of drug-likeness (QED) is 0.658. The van der Waals surface area contributed by atoms with Gasteiger partial charge in [-0.15, -0.1) is 0 Å². The van der Waals surface area contributed by atoms with Gasteiger partial charge in [-0.05, 0) is 5.41 Å². The molecule has 0 saturated heterocycles. The lowest BCUT2D eigenvalue weighted by Crippen LogP contribution is -2.32. The summed E-state index contributed by atoms with van der Waals surface area (Å²) in [7, 11) is -3.27. The SMILES string of the molecule is CC(C)(C)CS(=O)(=O)NCC#N. The Morgan fingerprint density at radius 3 is 2.25 bits per heavy atom. The number of sulfonamides is 1. The molecule has 1 N–H and O–H groups in total. The van der Waals surface area contributed by atoms with E-state index < -0.39 is 10.0 Å². The third-order valence-electron chi connectivity index (χ3n) is 0.994. The molecule has 0 unspecified atom stereocenters. The fourth-order valence-electron chi connectivity index (χ4n) is 0.763. The van der Waals surface area contributed by atoms with Gasteiger partial charge in [-0.25, -0.2) is 13.1 Å². The Balaban J connectivity index is 4.18. The Morgan fingerprint density at radius 2 is 1.92 bits per heavy atom. The van der Waals surface area contributed by atoms with Crippen molar-refractivity contribution in [2.45, 2.75) is 20.8 Å². The average Bonchev–Trinajstić information content (AvgIpc) is 1.78. The summed E-state index contributed by atoms with van der Waals surface area (Å²) in [6.07, 6.45) is 0. The van der Waals surface area contributed by atoms with E-state index in [0.29, 0.717) is 0 Å². The van der Waals surface area contributed by atoms with Crippen LogP contribution in [-0.2, 0) is 10.0 Å². The minimum absolute atomic E-state index is 0.0433. The lowest BCUT2D eigenvalue weighted by Gasteiger charge is -2.17. The zero-order valence-electron chi connectivity index (χ0n) is 7.59. The van der Waals surface area contributed by atoms with E-state index in [2.05, 4.69) is 4.72 Å². The second-order valence-corrected chi connectivity index (χ2v) is 5.61. The van der Waals surface area contributed by atoms with Crippen molar-refractivity contribution in [2.24, 2.45) is 5.41 Å². The zero-order chi connectivity index (χ0) is 9.83. The summed E-state index contributed by atoms with van der Waals surface area (Å²) < 4.78 is 24.5. The Labute approximate surface area is 73.6 Å². The molecule has 0 aromatic heterocycles. The van der Waals surface area contributed by atoms with Crippen LogP contribution in [-0.4, -0.2) is 20.7 Å². The molecule has 0 fully saturated rings. The van der Waals surface area contributed by atoms with Gasteiger partial charge in [0.05, 0.1) is 18.4 Å². The Hall–Kier alpha value is -0.600. The van der Waals surface area contributed by atoms with Gasteiger partial charge in [0.2, 0.25) is 10.0 Å². The number of nitrogens with one attached hydrogen (secondary N) is 1. The maximum Gasteiger partial charge on any atom is 0.213 e. The highest BCUT2D eigenvalue weighted by atomic mass is 32.2. The molecular weight excluding hydrogens is 176 g/mol. The molecule has 0 heterocycles. The summed E-state index contributed by atoms with van der Waals surface area (Å²) >= 11 is 0. The van der Waals surface area contributed by atoms with E-state index in [1.54, 1.807) is 6.07 Å². The molecule has 5 heteroatoms. The molecule has 4 nitrogen and oxygen atoms in total. The van der Waals surface area contributed by atoms with Crippen molar-refractivity contribution in [3.05, 3.63) is 0 Å². The average molecular weight is 190 g/mol. The topological polar surface area (TPSA) is 70.0 Å². The molecule has 0 aliphatic carbocycles. The second-order valence-electron chi connectivity index (χ2n) is 3.80. The molecule has 70 valence electrons. The van der Waals surface area contributed by atoms with Crippen LogP contribution in [0.5, 0.6) is 0 Å². The van der Waals surface area contributed by atoms with Gasteiger partial charge < -0.3 is 0 Å². The van der Waals surface area contributed by atoms with Gasteiger partial charge in [-0.3, -0.25) is 0 Å². The zero-order valence-corrected chi connectivity index (χ0v) is 8.40. The summed E-state index contributed by atoms with van der Waals surface area (Å²) in [5.74, 6) is 0.0433. The first-order chi connectivity index (χ1) is 5.27. The molecule has 0 spiro atoms. The van der Waals surface area contributed by atoms with Crippen molar-refractivity contribution in [3.8, 4) is 6.07 Å². The fraction of sp³-hybridized carbons (Fsp3) is 0.857. The van der Waals surface area contributed by atoms with E-state index in [1.165, 1.54) is 0 Å². The number of nitrogens with zero attached hydrogens (tertiary/aromatic N) is 1.